The highest BCUT2D eigenvalue weighted by atomic mass is 16.5. The zero-order chi connectivity index (χ0) is 10.7. The minimum Gasteiger partial charge on any atom is -0.389 e. The fraction of sp³-hybridized carbons (Fsp3) is 1.00. The minimum atomic E-state index is -0.309. The molecule has 3 atom stereocenters. The first-order valence-corrected chi connectivity index (χ1v) is 6.27. The Labute approximate surface area is 92.2 Å². The molecule has 1 saturated carbocycles. The van der Waals surface area contributed by atoms with Gasteiger partial charge >= 0.3 is 0 Å². The molecule has 3 nitrogen and oxygen atoms in total. The second kappa shape index (κ2) is 5.28. The maximum absolute atomic E-state index is 9.61. The van der Waals surface area contributed by atoms with Gasteiger partial charge < -0.3 is 15.2 Å². The fourth-order valence-corrected chi connectivity index (χ4v) is 2.88. The lowest BCUT2D eigenvalue weighted by Crippen LogP contribution is -2.44. The van der Waals surface area contributed by atoms with Crippen molar-refractivity contribution in [3.63, 3.8) is 0 Å². The molecule has 2 N–H and O–H groups in total. The van der Waals surface area contributed by atoms with Crippen LogP contribution in [0.5, 0.6) is 0 Å². The van der Waals surface area contributed by atoms with Gasteiger partial charge in [0.1, 0.15) is 0 Å². The molecule has 0 radical (unpaired) electrons. The van der Waals surface area contributed by atoms with Crippen LogP contribution in [-0.4, -0.2) is 36.5 Å². The number of hydrogen-bond donors (Lipinski definition) is 2. The van der Waals surface area contributed by atoms with E-state index < -0.39 is 0 Å². The molecule has 2 rings (SSSR count). The molecular weight excluding hydrogens is 190 g/mol. The highest BCUT2D eigenvalue weighted by Crippen LogP contribution is 2.28. The number of aliphatic hydroxyl groups is 1. The highest BCUT2D eigenvalue weighted by Gasteiger charge is 2.28. The van der Waals surface area contributed by atoms with Gasteiger partial charge in [-0.05, 0) is 19.3 Å². The van der Waals surface area contributed by atoms with E-state index >= 15 is 0 Å². The van der Waals surface area contributed by atoms with Crippen LogP contribution in [0, 0.1) is 5.92 Å². The second-order valence-electron chi connectivity index (χ2n) is 5.17. The topological polar surface area (TPSA) is 41.5 Å². The zero-order valence-corrected chi connectivity index (χ0v) is 9.61. The third kappa shape index (κ3) is 3.16. The van der Waals surface area contributed by atoms with Crippen molar-refractivity contribution in [1.82, 2.24) is 5.32 Å². The van der Waals surface area contributed by atoms with Crippen LogP contribution >= 0.6 is 0 Å². The fourth-order valence-electron chi connectivity index (χ4n) is 2.88. The quantitative estimate of drug-likeness (QED) is 0.739. The van der Waals surface area contributed by atoms with Gasteiger partial charge in [0.15, 0.2) is 0 Å². The molecule has 0 amide bonds. The second-order valence-corrected chi connectivity index (χ2v) is 5.17. The maximum atomic E-state index is 9.61. The Kier molecular flexibility index (Phi) is 4.00. The summed E-state index contributed by atoms with van der Waals surface area (Å²) in [6.07, 6.45) is 6.56. The molecule has 15 heavy (non-hydrogen) atoms. The molecular formula is C12H23NO2. The summed E-state index contributed by atoms with van der Waals surface area (Å²) in [6, 6.07) is 0.663. The Hall–Kier alpha value is -0.120. The van der Waals surface area contributed by atoms with E-state index in [-0.39, 0.29) is 12.1 Å². The summed E-state index contributed by atoms with van der Waals surface area (Å²) >= 11 is 0. The number of rotatable bonds is 4. The standard InChI is InChI=1S/C12H23NO2/c1-9(6-10-4-2-3-5-10)13-11-7-15-8-12(11)14/h9-14H,2-8H2,1H3. The van der Waals surface area contributed by atoms with Crippen molar-refractivity contribution in [1.29, 1.82) is 0 Å². The minimum absolute atomic E-state index is 0.154. The van der Waals surface area contributed by atoms with Gasteiger partial charge in [0.25, 0.3) is 0 Å². The van der Waals surface area contributed by atoms with Crippen molar-refractivity contribution in [3.05, 3.63) is 0 Å². The molecule has 2 fully saturated rings. The van der Waals surface area contributed by atoms with E-state index in [9.17, 15) is 5.11 Å². The van der Waals surface area contributed by atoms with E-state index in [1.807, 2.05) is 0 Å². The summed E-state index contributed by atoms with van der Waals surface area (Å²) in [5, 5.41) is 13.1. The molecule has 88 valence electrons. The molecule has 1 heterocycles. The van der Waals surface area contributed by atoms with Crippen LogP contribution in [0.4, 0.5) is 0 Å². The van der Waals surface area contributed by atoms with Gasteiger partial charge in [-0.2, -0.15) is 0 Å². The first-order chi connectivity index (χ1) is 7.25. The van der Waals surface area contributed by atoms with E-state index in [2.05, 4.69) is 12.2 Å². The third-order valence-electron chi connectivity index (χ3n) is 3.71. The zero-order valence-electron chi connectivity index (χ0n) is 9.61. The molecule has 0 spiro atoms. The lowest BCUT2D eigenvalue weighted by atomic mass is 9.98. The summed E-state index contributed by atoms with van der Waals surface area (Å²) in [4.78, 5) is 0. The first-order valence-electron chi connectivity index (χ1n) is 6.27. The van der Waals surface area contributed by atoms with E-state index in [0.717, 1.165) is 5.92 Å². The molecule has 0 aromatic carbocycles. The number of nitrogens with one attached hydrogen (secondary N) is 1. The summed E-state index contributed by atoms with van der Waals surface area (Å²) in [5.74, 6) is 0.909. The summed E-state index contributed by atoms with van der Waals surface area (Å²) < 4.78 is 5.23. The Balaban J connectivity index is 1.69. The number of aliphatic hydroxyl groups excluding tert-OH is 1. The van der Waals surface area contributed by atoms with Crippen molar-refractivity contribution in [2.75, 3.05) is 13.2 Å². The Morgan fingerprint density at radius 3 is 2.67 bits per heavy atom. The monoisotopic (exact) mass is 213 g/mol. The summed E-state index contributed by atoms with van der Waals surface area (Å²) in [6.45, 7) is 3.38. The number of ether oxygens (including phenoxy) is 1. The van der Waals surface area contributed by atoms with Crippen LogP contribution in [0.1, 0.15) is 39.0 Å². The molecule has 0 bridgehead atoms. The van der Waals surface area contributed by atoms with E-state index in [4.69, 9.17) is 4.74 Å². The molecule has 0 aromatic heterocycles. The molecule has 2 aliphatic rings. The van der Waals surface area contributed by atoms with Crippen molar-refractivity contribution >= 4 is 0 Å². The smallest absolute Gasteiger partial charge is 0.0948 e. The van der Waals surface area contributed by atoms with Gasteiger partial charge in [0.2, 0.25) is 0 Å². The molecule has 1 aliphatic heterocycles. The normalized spacial score (nSPS) is 34.8. The van der Waals surface area contributed by atoms with Crippen LogP contribution in [0.3, 0.4) is 0 Å². The average molecular weight is 213 g/mol. The van der Waals surface area contributed by atoms with Crippen LogP contribution in [0.15, 0.2) is 0 Å². The van der Waals surface area contributed by atoms with E-state index in [1.165, 1.54) is 32.1 Å². The lowest BCUT2D eigenvalue weighted by Gasteiger charge is -2.23. The van der Waals surface area contributed by atoms with E-state index in [0.29, 0.717) is 19.3 Å². The Morgan fingerprint density at radius 1 is 1.33 bits per heavy atom. The predicted molar refractivity (Wildman–Crippen MR) is 59.8 cm³/mol. The van der Waals surface area contributed by atoms with Gasteiger partial charge in [0, 0.05) is 6.04 Å². The van der Waals surface area contributed by atoms with Gasteiger partial charge in [-0.3, -0.25) is 0 Å². The van der Waals surface area contributed by atoms with Crippen LogP contribution in [-0.2, 0) is 4.74 Å². The van der Waals surface area contributed by atoms with Gasteiger partial charge in [-0.1, -0.05) is 25.7 Å². The van der Waals surface area contributed by atoms with Crippen LogP contribution < -0.4 is 5.32 Å². The molecule has 1 saturated heterocycles. The number of hydrogen-bond acceptors (Lipinski definition) is 3. The van der Waals surface area contributed by atoms with Gasteiger partial charge in [0.05, 0.1) is 25.4 Å². The van der Waals surface area contributed by atoms with Crippen molar-refractivity contribution in [2.45, 2.75) is 57.2 Å². The van der Waals surface area contributed by atoms with Gasteiger partial charge in [-0.25, -0.2) is 0 Å². The van der Waals surface area contributed by atoms with Crippen LogP contribution in [0.2, 0.25) is 0 Å². The molecule has 0 aromatic rings. The largest absolute Gasteiger partial charge is 0.389 e. The third-order valence-corrected chi connectivity index (χ3v) is 3.71. The Bertz CT molecular complexity index is 192. The average Bonchev–Trinajstić information content (AvgIpc) is 2.79. The molecule has 3 unspecified atom stereocenters. The van der Waals surface area contributed by atoms with Gasteiger partial charge in [-0.15, -0.1) is 0 Å². The summed E-state index contributed by atoms with van der Waals surface area (Å²) in [5.41, 5.74) is 0. The van der Waals surface area contributed by atoms with Crippen LogP contribution in [0.25, 0.3) is 0 Å². The molecule has 3 heteroatoms. The Morgan fingerprint density at radius 2 is 2.07 bits per heavy atom. The predicted octanol–water partition coefficient (Wildman–Crippen LogP) is 1.30. The highest BCUT2D eigenvalue weighted by molar-refractivity contribution is 4.84. The van der Waals surface area contributed by atoms with Crippen molar-refractivity contribution in [2.24, 2.45) is 5.92 Å². The molecule has 1 aliphatic carbocycles. The van der Waals surface area contributed by atoms with Crippen molar-refractivity contribution in [3.8, 4) is 0 Å². The van der Waals surface area contributed by atoms with Crippen molar-refractivity contribution < 1.29 is 9.84 Å². The first kappa shape index (κ1) is 11.4. The lowest BCUT2D eigenvalue weighted by molar-refractivity contribution is 0.121. The maximum Gasteiger partial charge on any atom is 0.0948 e. The van der Waals surface area contributed by atoms with E-state index in [1.54, 1.807) is 0 Å². The summed E-state index contributed by atoms with van der Waals surface area (Å²) in [7, 11) is 0. The SMILES string of the molecule is CC(CC1CCCC1)NC1COCC1O.